The summed E-state index contributed by atoms with van der Waals surface area (Å²) in [6, 6.07) is 4.65. The predicted octanol–water partition coefficient (Wildman–Crippen LogP) is 4.98. The summed E-state index contributed by atoms with van der Waals surface area (Å²) in [7, 11) is 0. The van der Waals surface area contributed by atoms with E-state index in [0.717, 1.165) is 18.5 Å². The fraction of sp³-hybridized carbons (Fsp3) is 0.500. The second-order valence-corrected chi connectivity index (χ2v) is 5.55. The molecule has 0 saturated heterocycles. The summed E-state index contributed by atoms with van der Waals surface area (Å²) >= 11 is 5.96. The minimum absolute atomic E-state index is 0.142. The maximum atomic E-state index is 12.5. The molecular formula is C16H22ClF2NO. The molecule has 0 atom stereocenters. The lowest BCUT2D eigenvalue weighted by Crippen LogP contribution is -2.20. The lowest BCUT2D eigenvalue weighted by molar-refractivity contribution is -0.0499. The van der Waals surface area contributed by atoms with Crippen LogP contribution in [0.2, 0.25) is 5.02 Å². The van der Waals surface area contributed by atoms with Crippen LogP contribution in [0, 0.1) is 5.92 Å². The Labute approximate surface area is 130 Å². The number of hydrogen-bond acceptors (Lipinski definition) is 2. The number of halogens is 3. The maximum Gasteiger partial charge on any atom is 0.387 e. The standard InChI is InChI=1S/C16H22ClF2NO/c1-4-7-20-10-13(11(2)3)8-12-9-14(17)5-6-15(12)21-16(18)19/h5-6,8-9,11,16,20H,4,7,10H2,1-3H3. The fourth-order valence-corrected chi connectivity index (χ4v) is 2.05. The van der Waals surface area contributed by atoms with Crippen LogP contribution in [0.3, 0.4) is 0 Å². The van der Waals surface area contributed by atoms with Gasteiger partial charge in [0.15, 0.2) is 0 Å². The molecule has 0 heterocycles. The molecule has 1 N–H and O–H groups in total. The highest BCUT2D eigenvalue weighted by Gasteiger charge is 2.11. The van der Waals surface area contributed by atoms with Crippen LogP contribution in [-0.2, 0) is 0 Å². The first kappa shape index (κ1) is 17.9. The highest BCUT2D eigenvalue weighted by Crippen LogP contribution is 2.28. The summed E-state index contributed by atoms with van der Waals surface area (Å²) in [6.45, 7) is 5.01. The molecule has 2 nitrogen and oxygen atoms in total. The van der Waals surface area contributed by atoms with E-state index < -0.39 is 6.61 Å². The second-order valence-electron chi connectivity index (χ2n) is 5.11. The lowest BCUT2D eigenvalue weighted by Gasteiger charge is -2.14. The van der Waals surface area contributed by atoms with Crippen LogP contribution in [0.5, 0.6) is 5.75 Å². The van der Waals surface area contributed by atoms with Crippen molar-refractivity contribution in [1.29, 1.82) is 0 Å². The van der Waals surface area contributed by atoms with Crippen molar-refractivity contribution in [2.75, 3.05) is 13.1 Å². The zero-order valence-electron chi connectivity index (χ0n) is 12.6. The van der Waals surface area contributed by atoms with Crippen LogP contribution in [0.25, 0.3) is 6.08 Å². The number of ether oxygens (including phenoxy) is 1. The topological polar surface area (TPSA) is 21.3 Å². The summed E-state index contributed by atoms with van der Waals surface area (Å²) in [5.41, 5.74) is 1.69. The van der Waals surface area contributed by atoms with Crippen LogP contribution in [0.1, 0.15) is 32.8 Å². The average Bonchev–Trinajstić information content (AvgIpc) is 2.40. The third-order valence-electron chi connectivity index (χ3n) is 3.03. The van der Waals surface area contributed by atoms with Crippen molar-refractivity contribution < 1.29 is 13.5 Å². The molecule has 21 heavy (non-hydrogen) atoms. The van der Waals surface area contributed by atoms with Crippen molar-refractivity contribution in [2.45, 2.75) is 33.8 Å². The van der Waals surface area contributed by atoms with Gasteiger partial charge in [0.1, 0.15) is 5.75 Å². The van der Waals surface area contributed by atoms with Crippen molar-refractivity contribution in [3.8, 4) is 5.75 Å². The van der Waals surface area contributed by atoms with Gasteiger partial charge in [-0.3, -0.25) is 0 Å². The van der Waals surface area contributed by atoms with Crippen molar-refractivity contribution in [3.05, 3.63) is 34.4 Å². The molecule has 0 aromatic heterocycles. The number of rotatable bonds is 8. The first-order valence-electron chi connectivity index (χ1n) is 7.09. The summed E-state index contributed by atoms with van der Waals surface area (Å²) in [6.07, 6.45) is 2.92. The Morgan fingerprint density at radius 1 is 1.38 bits per heavy atom. The molecule has 5 heteroatoms. The van der Waals surface area contributed by atoms with E-state index in [1.807, 2.05) is 6.08 Å². The minimum atomic E-state index is -2.85. The lowest BCUT2D eigenvalue weighted by atomic mass is 9.99. The quantitative estimate of drug-likeness (QED) is 0.683. The van der Waals surface area contributed by atoms with E-state index >= 15 is 0 Å². The average molecular weight is 318 g/mol. The highest BCUT2D eigenvalue weighted by atomic mass is 35.5. The Kier molecular flexibility index (Phi) is 7.68. The van der Waals surface area contributed by atoms with E-state index in [1.54, 1.807) is 12.1 Å². The van der Waals surface area contributed by atoms with Crippen molar-refractivity contribution in [1.82, 2.24) is 5.32 Å². The van der Waals surface area contributed by atoms with Crippen LogP contribution in [-0.4, -0.2) is 19.7 Å². The molecule has 0 fully saturated rings. The number of hydrogen-bond donors (Lipinski definition) is 1. The number of nitrogens with one attached hydrogen (secondary N) is 1. The molecule has 0 aliphatic carbocycles. The molecule has 1 aromatic rings. The van der Waals surface area contributed by atoms with Gasteiger partial charge < -0.3 is 10.1 Å². The van der Waals surface area contributed by atoms with Gasteiger partial charge in [-0.1, -0.05) is 44.0 Å². The predicted molar refractivity (Wildman–Crippen MR) is 84.1 cm³/mol. The Bertz CT molecular complexity index is 475. The fourth-order valence-electron chi connectivity index (χ4n) is 1.87. The molecule has 0 amide bonds. The first-order chi connectivity index (χ1) is 9.93. The van der Waals surface area contributed by atoms with Gasteiger partial charge in [0, 0.05) is 17.1 Å². The summed E-state index contributed by atoms with van der Waals surface area (Å²) in [5.74, 6) is 0.441. The number of alkyl halides is 2. The van der Waals surface area contributed by atoms with E-state index in [1.165, 1.54) is 6.07 Å². The molecule has 0 spiro atoms. The van der Waals surface area contributed by atoms with E-state index in [9.17, 15) is 8.78 Å². The molecule has 0 aliphatic heterocycles. The van der Waals surface area contributed by atoms with Crippen molar-refractivity contribution in [3.63, 3.8) is 0 Å². The number of benzene rings is 1. The Balaban J connectivity index is 3.03. The third-order valence-corrected chi connectivity index (χ3v) is 3.26. The first-order valence-corrected chi connectivity index (χ1v) is 7.47. The monoisotopic (exact) mass is 317 g/mol. The van der Waals surface area contributed by atoms with Gasteiger partial charge in [-0.2, -0.15) is 8.78 Å². The van der Waals surface area contributed by atoms with Crippen LogP contribution in [0.15, 0.2) is 23.8 Å². The van der Waals surface area contributed by atoms with Gasteiger partial charge in [-0.05, 0) is 37.1 Å². The SMILES string of the molecule is CCCNCC(=Cc1cc(Cl)ccc1OC(F)F)C(C)C. The molecule has 0 saturated carbocycles. The summed E-state index contributed by atoms with van der Waals surface area (Å²) in [5, 5.41) is 3.81. The molecule has 0 radical (unpaired) electrons. The van der Waals surface area contributed by atoms with Crippen LogP contribution >= 0.6 is 11.6 Å². The van der Waals surface area contributed by atoms with E-state index in [-0.39, 0.29) is 5.75 Å². The zero-order chi connectivity index (χ0) is 15.8. The van der Waals surface area contributed by atoms with Crippen molar-refractivity contribution in [2.24, 2.45) is 5.92 Å². The van der Waals surface area contributed by atoms with Gasteiger partial charge >= 0.3 is 6.61 Å². The van der Waals surface area contributed by atoms with Crippen LogP contribution < -0.4 is 10.1 Å². The largest absolute Gasteiger partial charge is 0.434 e. The highest BCUT2D eigenvalue weighted by molar-refractivity contribution is 6.30. The van der Waals surface area contributed by atoms with Crippen LogP contribution in [0.4, 0.5) is 8.78 Å². The van der Waals surface area contributed by atoms with Crippen molar-refractivity contribution >= 4 is 17.7 Å². The Morgan fingerprint density at radius 2 is 2.10 bits per heavy atom. The maximum absolute atomic E-state index is 12.5. The molecule has 118 valence electrons. The van der Waals surface area contributed by atoms with Gasteiger partial charge in [0.05, 0.1) is 0 Å². The molecule has 0 bridgehead atoms. The molecule has 1 rings (SSSR count). The van der Waals surface area contributed by atoms with Gasteiger partial charge in [0.2, 0.25) is 0 Å². The van der Waals surface area contributed by atoms with Gasteiger partial charge in [-0.15, -0.1) is 0 Å². The normalized spacial score (nSPS) is 12.3. The molecule has 0 unspecified atom stereocenters. The Hall–Kier alpha value is -1.13. The van der Waals surface area contributed by atoms with E-state index in [4.69, 9.17) is 11.6 Å². The van der Waals surface area contributed by atoms with Gasteiger partial charge in [0.25, 0.3) is 0 Å². The van der Waals surface area contributed by atoms with E-state index in [0.29, 0.717) is 23.0 Å². The van der Waals surface area contributed by atoms with E-state index in [2.05, 4.69) is 30.8 Å². The summed E-state index contributed by atoms with van der Waals surface area (Å²) in [4.78, 5) is 0. The molecule has 1 aromatic carbocycles. The third kappa shape index (κ3) is 6.44. The molecule has 0 aliphatic rings. The zero-order valence-corrected chi connectivity index (χ0v) is 13.4. The molecular weight excluding hydrogens is 296 g/mol. The Morgan fingerprint density at radius 3 is 2.67 bits per heavy atom. The second kappa shape index (κ2) is 9.00. The van der Waals surface area contributed by atoms with Gasteiger partial charge in [-0.25, -0.2) is 0 Å². The minimum Gasteiger partial charge on any atom is -0.434 e. The smallest absolute Gasteiger partial charge is 0.387 e. The summed E-state index contributed by atoms with van der Waals surface area (Å²) < 4.78 is 29.5.